The van der Waals surface area contributed by atoms with Crippen LogP contribution in [-0.4, -0.2) is 60.8 Å². The van der Waals surface area contributed by atoms with Crippen LogP contribution in [0.4, 0.5) is 0 Å². The fourth-order valence-corrected chi connectivity index (χ4v) is 7.64. The molecule has 0 bridgehead atoms. The number of hydrogen-bond donors (Lipinski definition) is 4. The molecule has 0 atom stereocenters. The van der Waals surface area contributed by atoms with E-state index in [1.54, 1.807) is 60.7 Å². The maximum Gasteiger partial charge on any atom is 0.311 e. The Morgan fingerprint density at radius 2 is 0.746 bits per heavy atom. The maximum atomic E-state index is 12.9. The number of esters is 2. The Labute approximate surface area is 342 Å². The summed E-state index contributed by atoms with van der Waals surface area (Å²) in [6.07, 6.45) is 11.0. The van der Waals surface area contributed by atoms with Crippen LogP contribution in [0.1, 0.15) is 83.5 Å². The molecule has 12 nitrogen and oxygen atoms in total. The van der Waals surface area contributed by atoms with Crippen molar-refractivity contribution < 1.29 is 58.4 Å². The van der Waals surface area contributed by atoms with Crippen LogP contribution in [0.3, 0.4) is 0 Å². The Bertz CT molecular complexity index is 2300. The number of benzene rings is 6. The summed E-state index contributed by atoms with van der Waals surface area (Å²) in [5, 5.41) is 47.2. The first-order valence-corrected chi connectivity index (χ1v) is 20.1. The number of carbonyl (C=O) groups excluding carboxylic acids is 2. The van der Waals surface area contributed by atoms with Gasteiger partial charge < -0.3 is 48.8 Å². The lowest BCUT2D eigenvalue weighted by atomic mass is 9.99. The zero-order valence-electron chi connectivity index (χ0n) is 34.0. The fraction of sp³-hybridized carbons (Fsp3) is 0.362. The first kappa shape index (κ1) is 42.3. The molecule has 12 heteroatoms. The molecule has 0 heterocycles. The Hall–Kier alpha value is -6.30. The second-order valence-corrected chi connectivity index (χ2v) is 14.6. The first-order valence-electron chi connectivity index (χ1n) is 20.1. The summed E-state index contributed by atoms with van der Waals surface area (Å²) in [5.41, 5.74) is 0. The normalized spacial score (nSPS) is 11.3. The van der Waals surface area contributed by atoms with Gasteiger partial charge in [-0.15, -0.1) is 0 Å². The van der Waals surface area contributed by atoms with Gasteiger partial charge in [0.1, 0.15) is 34.5 Å². The van der Waals surface area contributed by atoms with Crippen molar-refractivity contribution in [3.8, 4) is 57.5 Å². The van der Waals surface area contributed by atoms with Crippen molar-refractivity contribution in [3.05, 3.63) is 60.7 Å². The highest BCUT2D eigenvalue weighted by molar-refractivity contribution is 6.15. The van der Waals surface area contributed by atoms with Crippen molar-refractivity contribution in [2.24, 2.45) is 0 Å². The third kappa shape index (κ3) is 9.22. The van der Waals surface area contributed by atoms with Gasteiger partial charge in [-0.05, 0) is 73.5 Å². The lowest BCUT2D eigenvalue weighted by Crippen LogP contribution is -2.09. The van der Waals surface area contributed by atoms with Crippen LogP contribution in [-0.2, 0) is 9.59 Å². The largest absolute Gasteiger partial charge is 0.507 e. The van der Waals surface area contributed by atoms with Crippen LogP contribution in [0.15, 0.2) is 60.7 Å². The number of carbonyl (C=O) groups is 2. The molecule has 0 spiro atoms. The molecule has 59 heavy (non-hydrogen) atoms. The highest BCUT2D eigenvalue weighted by Gasteiger charge is 2.24. The molecule has 0 unspecified atom stereocenters. The van der Waals surface area contributed by atoms with E-state index in [1.165, 1.54) is 28.4 Å². The van der Waals surface area contributed by atoms with E-state index in [9.17, 15) is 30.0 Å². The molecule has 6 aromatic rings. The van der Waals surface area contributed by atoms with Crippen LogP contribution in [0, 0.1) is 0 Å². The molecule has 0 aliphatic carbocycles. The zero-order valence-corrected chi connectivity index (χ0v) is 34.0. The molecule has 0 aromatic heterocycles. The molecule has 6 rings (SSSR count). The SMILES string of the molecule is COc1ccc2c(O)c3c(OC(=O)CCCCCCCCCCCCCC(=O)Oc4c(OC)ccc5c(O)c6cc(OC)ccc6c(O)c45)c(OC)ccc3c(O)c2c1. The molecular formula is C47H52O12. The minimum Gasteiger partial charge on any atom is -0.507 e. The van der Waals surface area contributed by atoms with Gasteiger partial charge in [0.25, 0.3) is 0 Å². The number of rotatable bonds is 20. The minimum absolute atomic E-state index is 0.0629. The highest BCUT2D eigenvalue weighted by Crippen LogP contribution is 2.51. The molecular weight excluding hydrogens is 757 g/mol. The van der Waals surface area contributed by atoms with Crippen molar-refractivity contribution in [1.82, 2.24) is 0 Å². The molecule has 0 radical (unpaired) electrons. The summed E-state index contributed by atoms with van der Waals surface area (Å²) in [5.74, 6) is 0.480. The number of phenolic OH excluding ortho intramolecular Hbond substituents is 4. The van der Waals surface area contributed by atoms with Gasteiger partial charge in [-0.25, -0.2) is 0 Å². The van der Waals surface area contributed by atoms with E-state index in [0.717, 1.165) is 57.8 Å². The third-order valence-electron chi connectivity index (χ3n) is 10.8. The number of unbranched alkanes of at least 4 members (excludes halogenated alkanes) is 10. The number of hydrogen-bond acceptors (Lipinski definition) is 12. The van der Waals surface area contributed by atoms with Gasteiger partial charge in [0.2, 0.25) is 0 Å². The summed E-state index contributed by atoms with van der Waals surface area (Å²) in [6, 6.07) is 16.4. The van der Waals surface area contributed by atoms with E-state index in [2.05, 4.69) is 0 Å². The second kappa shape index (κ2) is 19.4. The number of ether oxygens (including phenoxy) is 6. The average Bonchev–Trinajstić information content (AvgIpc) is 3.25. The Morgan fingerprint density at radius 3 is 1.08 bits per heavy atom. The molecule has 0 amide bonds. The fourth-order valence-electron chi connectivity index (χ4n) is 7.64. The molecule has 312 valence electrons. The van der Waals surface area contributed by atoms with Crippen LogP contribution < -0.4 is 28.4 Å². The van der Waals surface area contributed by atoms with Crippen molar-refractivity contribution in [2.75, 3.05) is 28.4 Å². The van der Waals surface area contributed by atoms with Gasteiger partial charge >= 0.3 is 11.9 Å². The molecule has 6 aromatic carbocycles. The molecule has 0 aliphatic heterocycles. The van der Waals surface area contributed by atoms with E-state index >= 15 is 0 Å². The Kier molecular flexibility index (Phi) is 13.9. The summed E-state index contributed by atoms with van der Waals surface area (Å²) in [7, 11) is 5.95. The molecule has 0 fully saturated rings. The summed E-state index contributed by atoms with van der Waals surface area (Å²) in [6.45, 7) is 0. The van der Waals surface area contributed by atoms with Gasteiger partial charge in [-0.2, -0.15) is 0 Å². The Balaban J connectivity index is 0.884. The topological polar surface area (TPSA) is 170 Å². The minimum atomic E-state index is -0.443. The van der Waals surface area contributed by atoms with Gasteiger partial charge in [0.05, 0.1) is 39.2 Å². The highest BCUT2D eigenvalue weighted by atomic mass is 16.6. The molecule has 4 N–H and O–H groups in total. The molecule has 0 saturated carbocycles. The number of aromatic hydroxyl groups is 4. The van der Waals surface area contributed by atoms with Crippen molar-refractivity contribution >= 4 is 55.0 Å². The summed E-state index contributed by atoms with van der Waals surface area (Å²) >= 11 is 0. The first-order chi connectivity index (χ1) is 28.6. The van der Waals surface area contributed by atoms with Gasteiger partial charge in [-0.3, -0.25) is 9.59 Å². The van der Waals surface area contributed by atoms with Crippen LogP contribution >= 0.6 is 0 Å². The van der Waals surface area contributed by atoms with Crippen molar-refractivity contribution in [1.29, 1.82) is 0 Å². The summed E-state index contributed by atoms with van der Waals surface area (Å²) in [4.78, 5) is 25.9. The van der Waals surface area contributed by atoms with Gasteiger partial charge in [0, 0.05) is 45.2 Å². The van der Waals surface area contributed by atoms with Crippen LogP contribution in [0.2, 0.25) is 0 Å². The van der Waals surface area contributed by atoms with E-state index in [4.69, 9.17) is 28.4 Å². The lowest BCUT2D eigenvalue weighted by Gasteiger charge is -2.16. The average molecular weight is 809 g/mol. The quantitative estimate of drug-likeness (QED) is 0.0189. The Morgan fingerprint density at radius 1 is 0.407 bits per heavy atom. The predicted octanol–water partition coefficient (Wildman–Crippen LogP) is 10.7. The number of fused-ring (bicyclic) bond motifs is 4. The monoisotopic (exact) mass is 808 g/mol. The van der Waals surface area contributed by atoms with Crippen molar-refractivity contribution in [2.45, 2.75) is 83.5 Å². The standard InChI is InChI=1S/C47H52O12/c1-54-28-18-20-30-34(26-28)42(50)32-22-24-36(56-3)46(40(32)44(30)52)58-38(48)16-14-12-10-8-6-5-7-9-11-13-15-17-39(49)59-47-37(57-4)25-23-33-41(47)45(53)31-21-19-29(55-2)27-35(31)43(33)51/h18-27,50-53H,5-17H2,1-4H3. The zero-order chi connectivity index (χ0) is 42.1. The molecule has 0 aliphatic rings. The molecule has 0 saturated heterocycles. The van der Waals surface area contributed by atoms with E-state index in [0.29, 0.717) is 56.7 Å². The van der Waals surface area contributed by atoms with E-state index in [1.807, 2.05) is 0 Å². The lowest BCUT2D eigenvalue weighted by molar-refractivity contribution is -0.135. The predicted molar refractivity (Wildman–Crippen MR) is 227 cm³/mol. The smallest absolute Gasteiger partial charge is 0.311 e. The van der Waals surface area contributed by atoms with E-state index < -0.39 is 11.9 Å². The maximum absolute atomic E-state index is 12.9. The number of phenols is 4. The van der Waals surface area contributed by atoms with Gasteiger partial charge in [0.15, 0.2) is 23.0 Å². The van der Waals surface area contributed by atoms with E-state index in [-0.39, 0.29) is 69.6 Å². The van der Waals surface area contributed by atoms with Crippen LogP contribution in [0.5, 0.6) is 57.5 Å². The summed E-state index contributed by atoms with van der Waals surface area (Å²) < 4.78 is 33.0. The van der Waals surface area contributed by atoms with Crippen molar-refractivity contribution in [3.63, 3.8) is 0 Å². The van der Waals surface area contributed by atoms with Gasteiger partial charge in [-0.1, -0.05) is 57.8 Å². The third-order valence-corrected chi connectivity index (χ3v) is 10.8. The second-order valence-electron chi connectivity index (χ2n) is 14.6. The van der Waals surface area contributed by atoms with Crippen LogP contribution in [0.25, 0.3) is 43.1 Å². The number of methoxy groups -OCH3 is 4.